The fourth-order valence-electron chi connectivity index (χ4n) is 10.6. The summed E-state index contributed by atoms with van der Waals surface area (Å²) in [5, 5.41) is 17.4. The molecule has 10 nitrogen and oxygen atoms in total. The molecule has 2 unspecified atom stereocenters. The van der Waals surface area contributed by atoms with Gasteiger partial charge >= 0.3 is 6.01 Å². The lowest BCUT2D eigenvalue weighted by atomic mass is 9.91. The Bertz CT molecular complexity index is 2470. The number of piperazine rings is 1. The van der Waals surface area contributed by atoms with Gasteiger partial charge < -0.3 is 19.5 Å². The number of aromatic hydroxyl groups is 1. The largest absolute Gasteiger partial charge is 0.508 e. The van der Waals surface area contributed by atoms with Crippen molar-refractivity contribution in [3.8, 4) is 35.2 Å². The molecule has 14 heteroatoms. The van der Waals surface area contributed by atoms with Crippen LogP contribution in [0.15, 0.2) is 30.5 Å². The van der Waals surface area contributed by atoms with Crippen LogP contribution in [0, 0.1) is 35.3 Å². The molecule has 10 rings (SSSR count). The van der Waals surface area contributed by atoms with E-state index in [2.05, 4.69) is 15.7 Å². The second-order valence-corrected chi connectivity index (χ2v) is 17.2. The fourth-order valence-corrected chi connectivity index (χ4v) is 10.6. The summed E-state index contributed by atoms with van der Waals surface area (Å²) < 4.78 is 76.0. The minimum absolute atomic E-state index is 0.00295. The Morgan fingerprint density at radius 3 is 2.53 bits per heavy atom. The third kappa shape index (κ3) is 6.07. The van der Waals surface area contributed by atoms with Gasteiger partial charge in [-0.05, 0) is 73.6 Å². The number of nitrogens with zero attached hydrogens (tertiary/aromatic N) is 7. The van der Waals surface area contributed by atoms with Crippen molar-refractivity contribution in [2.24, 2.45) is 18.4 Å². The maximum atomic E-state index is 17.8. The first-order valence-electron chi connectivity index (χ1n) is 20.0. The number of methoxy groups -OCH3 is 1. The predicted octanol–water partition coefficient (Wildman–Crippen LogP) is 6.88. The number of phenolic OH excluding ortho intramolecular Hbond substituents is 1. The Labute approximate surface area is 327 Å². The zero-order chi connectivity index (χ0) is 39.4. The van der Waals surface area contributed by atoms with E-state index in [9.17, 15) is 13.9 Å². The number of alkyl halides is 2. The van der Waals surface area contributed by atoms with Crippen LogP contribution in [0.5, 0.6) is 11.8 Å². The molecule has 5 aromatic rings. The normalized spacial score (nSPS) is 25.0. The number of hydrogen-bond acceptors (Lipinski definition) is 9. The van der Waals surface area contributed by atoms with Gasteiger partial charge in [-0.3, -0.25) is 14.5 Å². The average Bonchev–Trinajstić information content (AvgIpc) is 3.34. The van der Waals surface area contributed by atoms with Crippen molar-refractivity contribution in [3.05, 3.63) is 47.7 Å². The molecule has 5 fully saturated rings. The number of fused-ring (bicyclic) bond motifs is 8. The van der Waals surface area contributed by atoms with Crippen LogP contribution in [0.4, 0.5) is 23.4 Å². The molecule has 4 bridgehead atoms. The monoisotopic (exact) mass is 783 g/mol. The molecule has 57 heavy (non-hydrogen) atoms. The first kappa shape index (κ1) is 36.6. The molecular formula is C43H45F4N7O3. The molecule has 0 amide bonds. The zero-order valence-electron chi connectivity index (χ0n) is 32.1. The summed E-state index contributed by atoms with van der Waals surface area (Å²) in [6, 6.07) is 5.05. The third-order valence-corrected chi connectivity index (χ3v) is 13.3. The van der Waals surface area contributed by atoms with Gasteiger partial charge in [0.2, 0.25) is 0 Å². The SMILES string of the molecule is C#Cc1c(F)ccc2cc(O)cc(-c3c(F)c4nc(OCC5(CN6CC7CC6C(F)(F)C7)CC5)nc(N5[C@@H]6CC[C@H]5CN(CCCOC)C6)c4c4cn(C)nc34)c12. The van der Waals surface area contributed by atoms with E-state index in [4.69, 9.17) is 31.0 Å². The van der Waals surface area contributed by atoms with Crippen molar-refractivity contribution in [2.45, 2.75) is 69.0 Å². The number of likely N-dealkylation sites (tertiary alicyclic amines) is 2. The highest BCUT2D eigenvalue weighted by atomic mass is 19.3. The van der Waals surface area contributed by atoms with Gasteiger partial charge in [-0.2, -0.15) is 15.1 Å². The maximum absolute atomic E-state index is 17.8. The van der Waals surface area contributed by atoms with Crippen LogP contribution in [0.1, 0.15) is 50.5 Å². The van der Waals surface area contributed by atoms with Crippen LogP contribution in [0.25, 0.3) is 43.7 Å². The number of terminal acetylenes is 1. The smallest absolute Gasteiger partial charge is 0.319 e. The van der Waals surface area contributed by atoms with Gasteiger partial charge in [-0.1, -0.05) is 12.0 Å². The van der Waals surface area contributed by atoms with E-state index in [0.29, 0.717) is 53.6 Å². The Balaban J connectivity index is 1.11. The van der Waals surface area contributed by atoms with E-state index < -0.39 is 23.6 Å². The van der Waals surface area contributed by atoms with Crippen molar-refractivity contribution in [1.82, 2.24) is 29.5 Å². The average molecular weight is 784 g/mol. The molecule has 298 valence electrons. The van der Waals surface area contributed by atoms with E-state index >= 15 is 8.78 Å². The molecule has 2 saturated carbocycles. The summed E-state index contributed by atoms with van der Waals surface area (Å²) in [5.41, 5.74) is 0.118. The van der Waals surface area contributed by atoms with Gasteiger partial charge in [0.1, 0.15) is 28.4 Å². The highest BCUT2D eigenvalue weighted by Gasteiger charge is 2.59. The Morgan fingerprint density at radius 1 is 1.04 bits per heavy atom. The first-order valence-corrected chi connectivity index (χ1v) is 20.0. The summed E-state index contributed by atoms with van der Waals surface area (Å²) in [7, 11) is 3.46. The Morgan fingerprint density at radius 2 is 1.82 bits per heavy atom. The molecular weight excluding hydrogens is 739 g/mol. The lowest BCUT2D eigenvalue weighted by Gasteiger charge is -2.42. The Kier molecular flexibility index (Phi) is 8.63. The van der Waals surface area contributed by atoms with Crippen LogP contribution >= 0.6 is 0 Å². The predicted molar refractivity (Wildman–Crippen MR) is 209 cm³/mol. The van der Waals surface area contributed by atoms with Crippen molar-refractivity contribution < 1.29 is 32.1 Å². The summed E-state index contributed by atoms with van der Waals surface area (Å²) in [6.07, 6.45) is 12.6. The topological polar surface area (TPSA) is 92.0 Å². The number of piperidine rings is 1. The van der Waals surface area contributed by atoms with Crippen molar-refractivity contribution in [1.29, 1.82) is 0 Å². The lowest BCUT2D eigenvalue weighted by Crippen LogP contribution is -2.54. The molecule has 3 saturated heterocycles. The van der Waals surface area contributed by atoms with E-state index in [1.54, 1.807) is 18.8 Å². The number of rotatable bonds is 11. The molecule has 5 heterocycles. The molecule has 2 aromatic heterocycles. The summed E-state index contributed by atoms with van der Waals surface area (Å²) in [6.45, 7) is 4.59. The highest BCUT2D eigenvalue weighted by molar-refractivity contribution is 6.18. The number of halogens is 4. The quantitative estimate of drug-likeness (QED) is 0.0875. The summed E-state index contributed by atoms with van der Waals surface area (Å²) >= 11 is 0. The summed E-state index contributed by atoms with van der Waals surface area (Å²) in [5.74, 6) is -1.20. The standard InChI is InChI=1S/C43H45F4N7O3/c1-4-29-32(44)9-6-25-15-28(55)16-30(34(25)29)35-37(45)39-36(31-21-51(2)50-38(31)35)40(54-26-7-8-27(54)20-52(19-26)12-5-13-56-3)49-41(48-39)57-23-42(10-11-42)22-53-18-24-14-33(53)43(46,47)17-24/h1,6,9,15-16,21,24,26-27,33,55H,5,7-8,10-14,17-20,22-23H2,2-3H3/t24?,26-,27+,33?. The molecule has 0 spiro atoms. The van der Waals surface area contributed by atoms with Crippen LogP contribution < -0.4 is 9.64 Å². The van der Waals surface area contributed by atoms with Crippen LogP contribution in [0.2, 0.25) is 0 Å². The van der Waals surface area contributed by atoms with Gasteiger partial charge in [0.15, 0.2) is 5.82 Å². The number of anilines is 1. The summed E-state index contributed by atoms with van der Waals surface area (Å²) in [4.78, 5) is 16.6. The highest BCUT2D eigenvalue weighted by Crippen LogP contribution is 2.53. The lowest BCUT2D eigenvalue weighted by molar-refractivity contribution is -0.0825. The minimum atomic E-state index is -2.68. The second-order valence-electron chi connectivity index (χ2n) is 17.2. The maximum Gasteiger partial charge on any atom is 0.319 e. The molecule has 3 aromatic carbocycles. The van der Waals surface area contributed by atoms with Gasteiger partial charge in [-0.15, -0.1) is 6.42 Å². The van der Waals surface area contributed by atoms with E-state index in [1.165, 1.54) is 24.3 Å². The van der Waals surface area contributed by atoms with Gasteiger partial charge in [-0.25, -0.2) is 17.6 Å². The zero-order valence-corrected chi connectivity index (χ0v) is 32.1. The van der Waals surface area contributed by atoms with Gasteiger partial charge in [0, 0.05) is 99.9 Å². The number of ether oxygens (including phenoxy) is 2. The molecule has 1 N–H and O–H groups in total. The molecule has 3 aliphatic heterocycles. The number of benzene rings is 3. The van der Waals surface area contributed by atoms with Crippen molar-refractivity contribution in [2.75, 3.05) is 57.9 Å². The van der Waals surface area contributed by atoms with E-state index in [-0.39, 0.29) is 75.8 Å². The van der Waals surface area contributed by atoms with Crippen LogP contribution in [-0.2, 0) is 11.8 Å². The van der Waals surface area contributed by atoms with Crippen LogP contribution in [0.3, 0.4) is 0 Å². The second kappa shape index (κ2) is 13.4. The van der Waals surface area contributed by atoms with Crippen molar-refractivity contribution >= 4 is 38.4 Å². The van der Waals surface area contributed by atoms with Gasteiger partial charge in [0.05, 0.1) is 23.6 Å². The number of hydrogen-bond donors (Lipinski definition) is 1. The number of aromatic nitrogens is 4. The van der Waals surface area contributed by atoms with E-state index in [1.807, 2.05) is 11.1 Å². The Hall–Kier alpha value is -4.71. The number of phenols is 1. The van der Waals surface area contributed by atoms with Crippen molar-refractivity contribution in [3.63, 3.8) is 0 Å². The van der Waals surface area contributed by atoms with Crippen LogP contribution in [-0.4, -0.2) is 112 Å². The molecule has 5 aliphatic rings. The first-order chi connectivity index (χ1) is 27.5. The fraction of sp³-hybridized carbons (Fsp3) is 0.512. The molecule has 2 aliphatic carbocycles. The van der Waals surface area contributed by atoms with E-state index in [0.717, 1.165) is 51.7 Å². The number of aryl methyl sites for hydroxylation is 1. The minimum Gasteiger partial charge on any atom is -0.508 e. The van der Waals surface area contributed by atoms with Gasteiger partial charge in [0.25, 0.3) is 5.92 Å². The third-order valence-electron chi connectivity index (χ3n) is 13.3. The molecule has 4 atom stereocenters. The molecule has 0 radical (unpaired) electrons.